The van der Waals surface area contributed by atoms with Gasteiger partial charge in [0.05, 0.1) is 6.20 Å². The summed E-state index contributed by atoms with van der Waals surface area (Å²) in [4.78, 5) is 0. The van der Waals surface area contributed by atoms with Crippen molar-refractivity contribution in [2.75, 3.05) is 0 Å². The van der Waals surface area contributed by atoms with Crippen LogP contribution in [0.3, 0.4) is 0 Å². The van der Waals surface area contributed by atoms with E-state index >= 15 is 0 Å². The van der Waals surface area contributed by atoms with Crippen LogP contribution >= 0.6 is 0 Å². The van der Waals surface area contributed by atoms with E-state index in [0.29, 0.717) is 6.04 Å². The fraction of sp³-hybridized carbons (Fsp3) is 0.714. The summed E-state index contributed by atoms with van der Waals surface area (Å²) in [5, 5.41) is 7.44. The Morgan fingerprint density at radius 3 is 2.10 bits per heavy atom. The van der Waals surface area contributed by atoms with Gasteiger partial charge in [0.25, 0.3) is 0 Å². The van der Waals surface area contributed by atoms with E-state index in [2.05, 4.69) is 24.2 Å². The molecular weight excluding hydrogens is 126 g/mol. The van der Waals surface area contributed by atoms with E-state index in [0.717, 1.165) is 0 Å². The maximum Gasteiger partial charge on any atom is 0.0693 e. The Hall–Kier alpha value is -0.860. The Morgan fingerprint density at radius 2 is 1.90 bits per heavy atom. The molecular formula is C7H15N3. The monoisotopic (exact) mass is 141 g/mol. The molecule has 0 aliphatic carbocycles. The van der Waals surface area contributed by atoms with Crippen molar-refractivity contribution < 1.29 is 0 Å². The molecule has 0 saturated heterocycles. The second kappa shape index (κ2) is 4.97. The van der Waals surface area contributed by atoms with E-state index in [9.17, 15) is 0 Å². The van der Waals surface area contributed by atoms with Gasteiger partial charge < -0.3 is 0 Å². The number of hydrogen-bond acceptors (Lipinski definition) is 2. The molecule has 0 spiro atoms. The van der Waals surface area contributed by atoms with Crippen LogP contribution in [-0.2, 0) is 0 Å². The zero-order valence-electron chi connectivity index (χ0n) is 7.07. The van der Waals surface area contributed by atoms with Gasteiger partial charge in [-0.2, -0.15) is 0 Å². The molecule has 1 rings (SSSR count). The molecule has 0 aliphatic rings. The molecule has 0 atom stereocenters. The van der Waals surface area contributed by atoms with Crippen molar-refractivity contribution in [2.24, 2.45) is 0 Å². The van der Waals surface area contributed by atoms with Crippen LogP contribution in [0.4, 0.5) is 0 Å². The summed E-state index contributed by atoms with van der Waals surface area (Å²) in [6.07, 6.45) is 3.53. The highest BCUT2D eigenvalue weighted by Gasteiger charge is 1.92. The van der Waals surface area contributed by atoms with E-state index in [-0.39, 0.29) is 0 Å². The zero-order chi connectivity index (χ0) is 7.98. The first-order chi connectivity index (χ1) is 4.80. The van der Waals surface area contributed by atoms with Gasteiger partial charge >= 0.3 is 0 Å². The smallest absolute Gasteiger partial charge is 0.0693 e. The minimum absolute atomic E-state index is 0.428. The summed E-state index contributed by atoms with van der Waals surface area (Å²) in [6.45, 7) is 8.13. The third kappa shape index (κ3) is 2.62. The molecule has 0 N–H and O–H groups in total. The lowest BCUT2D eigenvalue weighted by Crippen LogP contribution is -2.00. The molecule has 1 heterocycles. The molecule has 0 bridgehead atoms. The lowest BCUT2D eigenvalue weighted by atomic mass is 10.4. The van der Waals surface area contributed by atoms with E-state index in [4.69, 9.17) is 0 Å². The SMILES string of the molecule is CC.CC(C)n1ccnn1. The quantitative estimate of drug-likeness (QED) is 0.598. The Labute approximate surface area is 62.1 Å². The molecule has 0 amide bonds. The van der Waals surface area contributed by atoms with Crippen molar-refractivity contribution >= 4 is 0 Å². The lowest BCUT2D eigenvalue weighted by molar-refractivity contribution is 0.514. The van der Waals surface area contributed by atoms with E-state index < -0.39 is 0 Å². The van der Waals surface area contributed by atoms with Gasteiger partial charge in [-0.25, -0.2) is 0 Å². The molecule has 10 heavy (non-hydrogen) atoms. The highest BCUT2D eigenvalue weighted by Crippen LogP contribution is 1.96. The molecule has 3 heteroatoms. The molecule has 0 saturated carbocycles. The van der Waals surface area contributed by atoms with Gasteiger partial charge in [-0.05, 0) is 13.8 Å². The maximum atomic E-state index is 3.78. The van der Waals surface area contributed by atoms with Gasteiger partial charge in [-0.3, -0.25) is 4.68 Å². The second-order valence-corrected chi connectivity index (χ2v) is 1.98. The third-order valence-corrected chi connectivity index (χ3v) is 0.970. The molecule has 1 aromatic rings. The van der Waals surface area contributed by atoms with Crippen LogP contribution in [-0.4, -0.2) is 15.0 Å². The molecule has 0 fully saturated rings. The number of nitrogens with zero attached hydrogens (tertiary/aromatic N) is 3. The molecule has 58 valence electrons. The van der Waals surface area contributed by atoms with Crippen LogP contribution in [0.1, 0.15) is 33.7 Å². The average Bonchev–Trinajstić information content (AvgIpc) is 2.42. The Balaban J connectivity index is 0.000000371. The van der Waals surface area contributed by atoms with Crippen molar-refractivity contribution in [1.82, 2.24) is 15.0 Å². The minimum Gasteiger partial charge on any atom is -0.250 e. The van der Waals surface area contributed by atoms with Crippen LogP contribution < -0.4 is 0 Å². The average molecular weight is 141 g/mol. The second-order valence-electron chi connectivity index (χ2n) is 1.98. The summed E-state index contributed by atoms with van der Waals surface area (Å²) in [5.74, 6) is 0. The van der Waals surface area contributed by atoms with Gasteiger partial charge in [-0.1, -0.05) is 19.1 Å². The van der Waals surface area contributed by atoms with Gasteiger partial charge in [0, 0.05) is 12.2 Å². The Kier molecular flexibility index (Phi) is 4.54. The Morgan fingerprint density at radius 1 is 1.30 bits per heavy atom. The normalized spacial score (nSPS) is 8.90. The lowest BCUT2D eigenvalue weighted by Gasteiger charge is -2.00. The van der Waals surface area contributed by atoms with Crippen molar-refractivity contribution in [2.45, 2.75) is 33.7 Å². The fourth-order valence-corrected chi connectivity index (χ4v) is 0.493. The molecule has 0 unspecified atom stereocenters. The van der Waals surface area contributed by atoms with Gasteiger partial charge in [-0.15, -0.1) is 5.10 Å². The highest BCUT2D eigenvalue weighted by atomic mass is 15.4. The van der Waals surface area contributed by atoms with Gasteiger partial charge in [0.2, 0.25) is 0 Å². The van der Waals surface area contributed by atoms with Crippen LogP contribution in [0.15, 0.2) is 12.4 Å². The van der Waals surface area contributed by atoms with Gasteiger partial charge in [0.1, 0.15) is 0 Å². The van der Waals surface area contributed by atoms with Crippen molar-refractivity contribution in [3.63, 3.8) is 0 Å². The molecule has 0 aromatic carbocycles. The van der Waals surface area contributed by atoms with E-state index in [1.54, 1.807) is 10.9 Å². The van der Waals surface area contributed by atoms with Gasteiger partial charge in [0.15, 0.2) is 0 Å². The van der Waals surface area contributed by atoms with Crippen LogP contribution in [0, 0.1) is 0 Å². The largest absolute Gasteiger partial charge is 0.250 e. The van der Waals surface area contributed by atoms with Crippen LogP contribution in [0.2, 0.25) is 0 Å². The first kappa shape index (κ1) is 9.14. The number of hydrogen-bond donors (Lipinski definition) is 0. The van der Waals surface area contributed by atoms with Crippen molar-refractivity contribution in [3.8, 4) is 0 Å². The van der Waals surface area contributed by atoms with Crippen LogP contribution in [0.5, 0.6) is 0 Å². The summed E-state index contributed by atoms with van der Waals surface area (Å²) in [6, 6.07) is 0.428. The molecule has 3 nitrogen and oxygen atoms in total. The summed E-state index contributed by atoms with van der Waals surface area (Å²) in [7, 11) is 0. The molecule has 0 aliphatic heterocycles. The highest BCUT2D eigenvalue weighted by molar-refractivity contribution is 4.66. The molecule has 1 aromatic heterocycles. The predicted molar refractivity (Wildman–Crippen MR) is 41.8 cm³/mol. The number of aromatic nitrogens is 3. The molecule has 0 radical (unpaired) electrons. The fourth-order valence-electron chi connectivity index (χ4n) is 0.493. The Bertz CT molecular complexity index is 144. The summed E-state index contributed by atoms with van der Waals surface area (Å²) >= 11 is 0. The topological polar surface area (TPSA) is 30.7 Å². The van der Waals surface area contributed by atoms with E-state index in [1.165, 1.54) is 0 Å². The first-order valence-corrected chi connectivity index (χ1v) is 3.66. The van der Waals surface area contributed by atoms with Crippen LogP contribution in [0.25, 0.3) is 0 Å². The van der Waals surface area contributed by atoms with Crippen molar-refractivity contribution in [3.05, 3.63) is 12.4 Å². The number of rotatable bonds is 1. The summed E-state index contributed by atoms with van der Waals surface area (Å²) in [5.41, 5.74) is 0. The van der Waals surface area contributed by atoms with E-state index in [1.807, 2.05) is 20.0 Å². The maximum absolute atomic E-state index is 3.78. The van der Waals surface area contributed by atoms with Crippen molar-refractivity contribution in [1.29, 1.82) is 0 Å². The first-order valence-electron chi connectivity index (χ1n) is 3.66. The standard InChI is InChI=1S/C5H9N3.C2H6/c1-5(2)8-4-3-6-7-8;1-2/h3-5H,1-2H3;1-2H3. The predicted octanol–water partition coefficient (Wildman–Crippen LogP) is 1.89. The third-order valence-electron chi connectivity index (χ3n) is 0.970. The zero-order valence-corrected chi connectivity index (χ0v) is 7.07. The minimum atomic E-state index is 0.428. The summed E-state index contributed by atoms with van der Waals surface area (Å²) < 4.78 is 1.81.